The van der Waals surface area contributed by atoms with E-state index < -0.39 is 5.54 Å². The van der Waals surface area contributed by atoms with Crippen LogP contribution in [-0.2, 0) is 23.4 Å². The summed E-state index contributed by atoms with van der Waals surface area (Å²) in [6.45, 7) is 0.470. The molecular formula is C30H26ClN5O2. The van der Waals surface area contributed by atoms with Gasteiger partial charge < -0.3 is 10.2 Å². The molecule has 1 aromatic heterocycles. The number of aromatic nitrogens is 1. The third-order valence-electron chi connectivity index (χ3n) is 6.62. The molecule has 2 N–H and O–H groups in total. The van der Waals surface area contributed by atoms with Crippen molar-refractivity contribution in [2.24, 2.45) is 0 Å². The first kappa shape index (κ1) is 25.2. The van der Waals surface area contributed by atoms with Crippen LogP contribution in [0.25, 0.3) is 0 Å². The zero-order chi connectivity index (χ0) is 26.7. The van der Waals surface area contributed by atoms with Gasteiger partial charge in [0.15, 0.2) is 11.5 Å². The van der Waals surface area contributed by atoms with E-state index in [1.54, 1.807) is 42.4 Å². The highest BCUT2D eigenvalue weighted by molar-refractivity contribution is 6.30. The van der Waals surface area contributed by atoms with E-state index in [4.69, 9.17) is 17.0 Å². The Morgan fingerprint density at radius 2 is 1.58 bits per heavy atom. The highest BCUT2D eigenvalue weighted by Crippen LogP contribution is 2.36. The average Bonchev–Trinajstić information content (AvgIpc) is 3.20. The fourth-order valence-corrected chi connectivity index (χ4v) is 4.83. The third-order valence-corrected chi connectivity index (χ3v) is 6.87. The van der Waals surface area contributed by atoms with Crippen LogP contribution in [0.5, 0.6) is 0 Å². The van der Waals surface area contributed by atoms with Crippen LogP contribution in [0.2, 0.25) is 5.02 Å². The summed E-state index contributed by atoms with van der Waals surface area (Å²) in [5.41, 5.74) is 2.17. The predicted octanol–water partition coefficient (Wildman–Crippen LogP) is 4.82. The largest absolute Gasteiger partial charge is 0.337 e. The molecule has 0 atom stereocenters. The summed E-state index contributed by atoms with van der Waals surface area (Å²) < 4.78 is 0. The monoisotopic (exact) mass is 523 g/mol. The predicted molar refractivity (Wildman–Crippen MR) is 147 cm³/mol. The van der Waals surface area contributed by atoms with E-state index in [9.17, 15) is 9.59 Å². The SMILES string of the molecule is CN(Cc1ccc(Cl)cc1)C(=O)c1ccnc(CN2C(=N)NC(c3ccccc3)(c3ccccc3)C2=O)c1. The van der Waals surface area contributed by atoms with Crippen LogP contribution in [0.4, 0.5) is 0 Å². The van der Waals surface area contributed by atoms with Crippen molar-refractivity contribution in [1.82, 2.24) is 20.1 Å². The first-order valence-corrected chi connectivity index (χ1v) is 12.5. The maximum absolute atomic E-state index is 14.0. The number of carbonyl (C=O) groups is 2. The molecule has 1 aliphatic heterocycles. The minimum Gasteiger partial charge on any atom is -0.337 e. The molecule has 0 aliphatic carbocycles. The molecule has 1 saturated heterocycles. The normalized spacial score (nSPS) is 14.3. The summed E-state index contributed by atoms with van der Waals surface area (Å²) in [5.74, 6) is -0.480. The molecule has 2 amide bonds. The van der Waals surface area contributed by atoms with Gasteiger partial charge >= 0.3 is 0 Å². The standard InChI is InChI=1S/C30H26ClN5O2/c1-35(19-21-12-14-25(31)15-13-21)27(37)22-16-17-33-26(18-22)20-36-28(38)30(34-29(36)32,23-8-4-2-5-9-23)24-10-6-3-7-11-24/h2-18H,19-20H2,1H3,(H2,32,34). The van der Waals surface area contributed by atoms with Gasteiger partial charge in [-0.15, -0.1) is 0 Å². The van der Waals surface area contributed by atoms with E-state index in [1.165, 1.54) is 4.90 Å². The lowest BCUT2D eigenvalue weighted by Crippen LogP contribution is -2.45. The number of hydrogen-bond donors (Lipinski definition) is 2. The van der Waals surface area contributed by atoms with Crippen molar-refractivity contribution < 1.29 is 9.59 Å². The fourth-order valence-electron chi connectivity index (χ4n) is 4.70. The number of rotatable bonds is 7. The molecule has 0 radical (unpaired) electrons. The van der Waals surface area contributed by atoms with Gasteiger partial charge in [-0.1, -0.05) is 84.4 Å². The molecular weight excluding hydrogens is 498 g/mol. The van der Waals surface area contributed by atoms with Crippen LogP contribution in [0.3, 0.4) is 0 Å². The summed E-state index contributed by atoms with van der Waals surface area (Å²) in [6.07, 6.45) is 1.55. The van der Waals surface area contributed by atoms with Crippen molar-refractivity contribution >= 4 is 29.4 Å². The summed E-state index contributed by atoms with van der Waals surface area (Å²) in [6, 6.07) is 29.5. The number of amides is 2. The van der Waals surface area contributed by atoms with Gasteiger partial charge in [0.05, 0.1) is 12.2 Å². The first-order valence-electron chi connectivity index (χ1n) is 12.1. The van der Waals surface area contributed by atoms with Gasteiger partial charge in [0.1, 0.15) is 0 Å². The number of hydrogen-bond acceptors (Lipinski definition) is 4. The van der Waals surface area contributed by atoms with E-state index in [0.717, 1.165) is 16.7 Å². The van der Waals surface area contributed by atoms with Gasteiger partial charge in [0, 0.05) is 30.4 Å². The molecule has 8 heteroatoms. The molecule has 3 aromatic carbocycles. The van der Waals surface area contributed by atoms with Crippen LogP contribution < -0.4 is 5.32 Å². The van der Waals surface area contributed by atoms with Gasteiger partial charge in [-0.3, -0.25) is 24.9 Å². The molecule has 38 heavy (non-hydrogen) atoms. The summed E-state index contributed by atoms with van der Waals surface area (Å²) >= 11 is 5.97. The number of pyridine rings is 1. The number of nitrogens with one attached hydrogen (secondary N) is 2. The molecule has 1 fully saturated rings. The van der Waals surface area contributed by atoms with Crippen molar-refractivity contribution in [1.29, 1.82) is 5.41 Å². The summed E-state index contributed by atoms with van der Waals surface area (Å²) in [5, 5.41) is 12.5. The number of benzene rings is 3. The second kappa shape index (κ2) is 10.5. The third kappa shape index (κ3) is 4.76. The smallest absolute Gasteiger partial charge is 0.264 e. The second-order valence-electron chi connectivity index (χ2n) is 9.17. The number of nitrogens with zero attached hydrogens (tertiary/aromatic N) is 3. The molecule has 0 spiro atoms. The molecule has 4 aromatic rings. The van der Waals surface area contributed by atoms with Crippen molar-refractivity contribution in [3.63, 3.8) is 0 Å². The van der Waals surface area contributed by atoms with Gasteiger partial charge in [0.25, 0.3) is 11.8 Å². The summed E-state index contributed by atoms with van der Waals surface area (Å²) in [4.78, 5) is 34.5. The Labute approximate surface area is 226 Å². The quantitative estimate of drug-likeness (QED) is 0.363. The highest BCUT2D eigenvalue weighted by atomic mass is 35.5. The number of guanidine groups is 1. The Balaban J connectivity index is 1.39. The Morgan fingerprint density at radius 3 is 2.18 bits per heavy atom. The van der Waals surface area contributed by atoms with Gasteiger partial charge in [-0.2, -0.15) is 0 Å². The van der Waals surface area contributed by atoms with Gasteiger partial charge in [0.2, 0.25) is 0 Å². The molecule has 0 unspecified atom stereocenters. The van der Waals surface area contributed by atoms with Crippen LogP contribution in [0.15, 0.2) is 103 Å². The zero-order valence-corrected chi connectivity index (χ0v) is 21.5. The molecule has 2 heterocycles. The number of halogens is 1. The van der Waals surface area contributed by atoms with Crippen LogP contribution in [-0.4, -0.2) is 39.6 Å². The van der Waals surface area contributed by atoms with Crippen molar-refractivity contribution in [3.05, 3.63) is 136 Å². The van der Waals surface area contributed by atoms with Crippen LogP contribution in [0.1, 0.15) is 32.7 Å². The molecule has 0 bridgehead atoms. The maximum Gasteiger partial charge on any atom is 0.264 e. The maximum atomic E-state index is 14.0. The van der Waals surface area contributed by atoms with Crippen LogP contribution in [0, 0.1) is 5.41 Å². The summed E-state index contributed by atoms with van der Waals surface area (Å²) in [7, 11) is 1.73. The minimum atomic E-state index is -1.23. The van der Waals surface area contributed by atoms with Gasteiger partial charge in [-0.05, 0) is 41.0 Å². The Kier molecular flexibility index (Phi) is 6.94. The van der Waals surface area contributed by atoms with Crippen molar-refractivity contribution in [2.75, 3.05) is 7.05 Å². The average molecular weight is 524 g/mol. The molecule has 190 valence electrons. The Hall–Kier alpha value is -4.49. The molecule has 7 nitrogen and oxygen atoms in total. The second-order valence-corrected chi connectivity index (χ2v) is 9.61. The Morgan fingerprint density at radius 1 is 0.974 bits per heavy atom. The van der Waals surface area contributed by atoms with Crippen molar-refractivity contribution in [3.8, 4) is 0 Å². The number of carbonyl (C=O) groups excluding carboxylic acids is 2. The lowest BCUT2D eigenvalue weighted by Gasteiger charge is -2.28. The topological polar surface area (TPSA) is 89.4 Å². The zero-order valence-electron chi connectivity index (χ0n) is 20.8. The van der Waals surface area contributed by atoms with E-state index in [2.05, 4.69) is 10.3 Å². The highest BCUT2D eigenvalue weighted by Gasteiger charge is 2.52. The minimum absolute atomic E-state index is 0.0268. The first-order chi connectivity index (χ1) is 18.4. The fraction of sp³-hybridized carbons (Fsp3) is 0.133. The molecule has 0 saturated carbocycles. The van der Waals surface area contributed by atoms with E-state index in [0.29, 0.717) is 22.8 Å². The molecule has 1 aliphatic rings. The van der Waals surface area contributed by atoms with E-state index in [1.807, 2.05) is 72.8 Å². The lowest BCUT2D eigenvalue weighted by molar-refractivity contribution is -0.130. The van der Waals surface area contributed by atoms with Gasteiger partial charge in [-0.25, -0.2) is 0 Å². The lowest BCUT2D eigenvalue weighted by atomic mass is 9.82. The van der Waals surface area contributed by atoms with E-state index >= 15 is 0 Å². The van der Waals surface area contributed by atoms with E-state index in [-0.39, 0.29) is 24.3 Å². The van der Waals surface area contributed by atoms with Crippen molar-refractivity contribution in [2.45, 2.75) is 18.6 Å². The van der Waals surface area contributed by atoms with Crippen LogP contribution >= 0.6 is 11.6 Å². The Bertz CT molecular complexity index is 1440. The molecule has 5 rings (SSSR count).